The molecule has 0 saturated carbocycles. The number of rotatable bonds is 4. The number of carbonyl (C=O) groups excluding carboxylic acids is 1. The van der Waals surface area contributed by atoms with E-state index in [1.54, 1.807) is 0 Å². The van der Waals surface area contributed by atoms with Crippen molar-refractivity contribution in [1.29, 1.82) is 0 Å². The van der Waals surface area contributed by atoms with E-state index < -0.39 is 0 Å². The maximum atomic E-state index is 11.8. The average molecular weight is 273 g/mol. The smallest absolute Gasteiger partial charge is 0.262 e. The van der Waals surface area contributed by atoms with Crippen LogP contribution in [0.25, 0.3) is 0 Å². The lowest BCUT2D eigenvalue weighted by molar-refractivity contribution is 0.0954. The summed E-state index contributed by atoms with van der Waals surface area (Å²) in [7, 11) is 0. The van der Waals surface area contributed by atoms with Gasteiger partial charge in [0.25, 0.3) is 5.91 Å². The number of nitrogens with one attached hydrogen (secondary N) is 1. The highest BCUT2D eigenvalue weighted by molar-refractivity contribution is 7.14. The van der Waals surface area contributed by atoms with Gasteiger partial charge in [0.1, 0.15) is 4.88 Å². The molecule has 1 fully saturated rings. The van der Waals surface area contributed by atoms with Crippen LogP contribution in [0.15, 0.2) is 6.07 Å². The Morgan fingerprint density at radius 2 is 2.24 bits per heavy atom. The third-order valence-electron chi connectivity index (χ3n) is 2.93. The van der Waals surface area contributed by atoms with Crippen molar-refractivity contribution < 1.29 is 4.79 Å². The van der Waals surface area contributed by atoms with Gasteiger partial charge in [-0.3, -0.25) is 4.79 Å². The summed E-state index contributed by atoms with van der Waals surface area (Å²) in [5.41, 5.74) is 0. The van der Waals surface area contributed by atoms with Crippen molar-refractivity contribution in [2.24, 2.45) is 0 Å². The van der Waals surface area contributed by atoms with Gasteiger partial charge < -0.3 is 10.2 Å². The molecule has 0 aliphatic carbocycles. The molecular weight excluding hydrogens is 256 g/mol. The van der Waals surface area contributed by atoms with Gasteiger partial charge in [-0.2, -0.15) is 0 Å². The van der Waals surface area contributed by atoms with Crippen molar-refractivity contribution in [2.45, 2.75) is 19.8 Å². The summed E-state index contributed by atoms with van der Waals surface area (Å²) in [5.74, 6) is -0.0488. The maximum absolute atomic E-state index is 11.8. The molecule has 0 atom stereocenters. The van der Waals surface area contributed by atoms with E-state index in [1.807, 2.05) is 13.0 Å². The molecule has 5 heteroatoms. The molecule has 3 nitrogen and oxygen atoms in total. The number of likely N-dealkylation sites (tertiary alicyclic amines) is 1. The third-order valence-corrected chi connectivity index (χ3v) is 4.39. The number of aryl methyl sites for hydroxylation is 1. The molecular formula is C12H17ClN2OS. The number of hydrogen-bond acceptors (Lipinski definition) is 3. The lowest BCUT2D eigenvalue weighted by Crippen LogP contribution is -2.33. The molecule has 94 valence electrons. The fraction of sp³-hybridized carbons (Fsp3) is 0.583. The second-order valence-electron chi connectivity index (χ2n) is 4.34. The molecule has 2 rings (SSSR count). The Hall–Kier alpha value is -0.580. The Morgan fingerprint density at radius 1 is 1.53 bits per heavy atom. The van der Waals surface area contributed by atoms with E-state index in [4.69, 9.17) is 11.6 Å². The van der Waals surface area contributed by atoms with E-state index >= 15 is 0 Å². The molecule has 1 amide bonds. The Labute approximate surface area is 111 Å². The summed E-state index contributed by atoms with van der Waals surface area (Å²) in [6, 6.07) is 1.83. The molecule has 2 heterocycles. The summed E-state index contributed by atoms with van der Waals surface area (Å²) in [4.78, 5) is 15.9. The van der Waals surface area contributed by atoms with Crippen LogP contribution < -0.4 is 5.32 Å². The molecule has 17 heavy (non-hydrogen) atoms. The number of amides is 1. The molecule has 1 aliphatic rings. The SMILES string of the molecule is Cc1cc(Cl)c(C(=O)NCCN2CCCC2)s1. The Balaban J connectivity index is 1.78. The van der Waals surface area contributed by atoms with Crippen molar-refractivity contribution in [3.8, 4) is 0 Å². The van der Waals surface area contributed by atoms with E-state index in [0.29, 0.717) is 16.4 Å². The normalized spacial score (nSPS) is 16.4. The van der Waals surface area contributed by atoms with Gasteiger partial charge >= 0.3 is 0 Å². The van der Waals surface area contributed by atoms with Crippen LogP contribution in [0.3, 0.4) is 0 Å². The van der Waals surface area contributed by atoms with Crippen molar-refractivity contribution in [3.05, 3.63) is 20.8 Å². The second kappa shape index (κ2) is 5.85. The van der Waals surface area contributed by atoms with Gasteiger partial charge in [0.05, 0.1) is 5.02 Å². The predicted octanol–water partition coefficient (Wildman–Crippen LogP) is 2.54. The zero-order chi connectivity index (χ0) is 12.3. The van der Waals surface area contributed by atoms with Gasteiger partial charge in [-0.15, -0.1) is 11.3 Å². The lowest BCUT2D eigenvalue weighted by Gasteiger charge is -2.14. The van der Waals surface area contributed by atoms with E-state index in [9.17, 15) is 4.79 Å². The van der Waals surface area contributed by atoms with Crippen LogP contribution in [0.5, 0.6) is 0 Å². The summed E-state index contributed by atoms with van der Waals surface area (Å²) in [5, 5.41) is 3.49. The van der Waals surface area contributed by atoms with Crippen LogP contribution in [-0.2, 0) is 0 Å². The van der Waals surface area contributed by atoms with Crippen LogP contribution in [0.4, 0.5) is 0 Å². The highest BCUT2D eigenvalue weighted by atomic mass is 35.5. The van der Waals surface area contributed by atoms with Crippen molar-refractivity contribution in [2.75, 3.05) is 26.2 Å². The van der Waals surface area contributed by atoms with Gasteiger partial charge in [-0.1, -0.05) is 11.6 Å². The molecule has 0 aromatic carbocycles. The highest BCUT2D eigenvalue weighted by Crippen LogP contribution is 2.25. The fourth-order valence-corrected chi connectivity index (χ4v) is 3.30. The van der Waals surface area contributed by atoms with Crippen molar-refractivity contribution in [3.63, 3.8) is 0 Å². The second-order valence-corrected chi connectivity index (χ2v) is 6.00. The van der Waals surface area contributed by atoms with E-state index in [1.165, 1.54) is 24.2 Å². The number of nitrogens with zero attached hydrogens (tertiary/aromatic N) is 1. The van der Waals surface area contributed by atoms with Crippen LogP contribution in [0.1, 0.15) is 27.4 Å². The Kier molecular flexibility index (Phi) is 4.42. The molecule has 1 saturated heterocycles. The topological polar surface area (TPSA) is 32.3 Å². The Morgan fingerprint density at radius 3 is 2.82 bits per heavy atom. The molecule has 1 aromatic heterocycles. The maximum Gasteiger partial charge on any atom is 0.262 e. The van der Waals surface area contributed by atoms with Crippen molar-refractivity contribution in [1.82, 2.24) is 10.2 Å². The summed E-state index contributed by atoms with van der Waals surface area (Å²) < 4.78 is 0. The average Bonchev–Trinajstić information content (AvgIpc) is 2.88. The first-order valence-electron chi connectivity index (χ1n) is 5.93. The van der Waals surface area contributed by atoms with Gasteiger partial charge in [0.2, 0.25) is 0 Å². The quantitative estimate of drug-likeness (QED) is 0.914. The number of carbonyl (C=O) groups is 1. The van der Waals surface area contributed by atoms with Crippen LogP contribution >= 0.6 is 22.9 Å². The minimum absolute atomic E-state index is 0.0488. The molecule has 0 spiro atoms. The third kappa shape index (κ3) is 3.44. The first-order chi connectivity index (χ1) is 8.16. The minimum Gasteiger partial charge on any atom is -0.350 e. The number of hydrogen-bond donors (Lipinski definition) is 1. The summed E-state index contributed by atoms with van der Waals surface area (Å²) in [6.07, 6.45) is 2.56. The first-order valence-corrected chi connectivity index (χ1v) is 7.13. The minimum atomic E-state index is -0.0488. The fourth-order valence-electron chi connectivity index (χ4n) is 2.05. The largest absolute Gasteiger partial charge is 0.350 e. The first kappa shape index (κ1) is 12.9. The molecule has 1 N–H and O–H groups in total. The zero-order valence-electron chi connectivity index (χ0n) is 9.96. The summed E-state index contributed by atoms with van der Waals surface area (Å²) >= 11 is 7.43. The van der Waals surface area contributed by atoms with E-state index in [0.717, 1.165) is 24.5 Å². The molecule has 0 bridgehead atoms. The number of thiophene rings is 1. The Bertz CT molecular complexity index is 399. The van der Waals surface area contributed by atoms with Gasteiger partial charge in [0, 0.05) is 18.0 Å². The van der Waals surface area contributed by atoms with Crippen LogP contribution in [0, 0.1) is 6.92 Å². The van der Waals surface area contributed by atoms with Crippen molar-refractivity contribution >= 4 is 28.8 Å². The molecule has 0 unspecified atom stereocenters. The van der Waals surface area contributed by atoms with Crippen LogP contribution in [0.2, 0.25) is 5.02 Å². The monoisotopic (exact) mass is 272 g/mol. The summed E-state index contributed by atoms with van der Waals surface area (Å²) in [6.45, 7) is 5.92. The predicted molar refractivity (Wildman–Crippen MR) is 72.1 cm³/mol. The van der Waals surface area contributed by atoms with Gasteiger partial charge in [0.15, 0.2) is 0 Å². The van der Waals surface area contributed by atoms with Gasteiger partial charge in [-0.25, -0.2) is 0 Å². The standard InChI is InChI=1S/C12H17ClN2OS/c1-9-8-10(13)11(17-9)12(16)14-4-7-15-5-2-3-6-15/h8H,2-7H2,1H3,(H,14,16). The number of halogens is 1. The molecule has 1 aromatic rings. The van der Waals surface area contributed by atoms with Gasteiger partial charge in [-0.05, 0) is 38.9 Å². The highest BCUT2D eigenvalue weighted by Gasteiger charge is 2.15. The lowest BCUT2D eigenvalue weighted by atomic mass is 10.4. The van der Waals surface area contributed by atoms with Crippen LogP contribution in [-0.4, -0.2) is 37.0 Å². The zero-order valence-corrected chi connectivity index (χ0v) is 11.5. The molecule has 1 aliphatic heterocycles. The van der Waals surface area contributed by atoms with E-state index in [-0.39, 0.29) is 5.91 Å². The van der Waals surface area contributed by atoms with E-state index in [2.05, 4.69) is 10.2 Å². The molecule has 0 radical (unpaired) electrons.